The Kier molecular flexibility index (Phi) is 5.54. The van der Waals surface area contributed by atoms with Gasteiger partial charge in [-0.15, -0.1) is 6.58 Å². The SMILES string of the molecule is C=CC(C)(CNCCC)Cc1ccc(F)cc1C. The number of nitrogens with one attached hydrogen (secondary N) is 1. The van der Waals surface area contributed by atoms with Gasteiger partial charge >= 0.3 is 0 Å². The first-order valence-corrected chi connectivity index (χ1v) is 6.60. The molecule has 1 atom stereocenters. The van der Waals surface area contributed by atoms with Gasteiger partial charge < -0.3 is 5.32 Å². The summed E-state index contributed by atoms with van der Waals surface area (Å²) in [7, 11) is 0. The highest BCUT2D eigenvalue weighted by Crippen LogP contribution is 2.25. The van der Waals surface area contributed by atoms with Crippen LogP contribution >= 0.6 is 0 Å². The van der Waals surface area contributed by atoms with Gasteiger partial charge in [-0.05, 0) is 49.6 Å². The second-order valence-electron chi connectivity index (χ2n) is 5.28. The molecule has 0 aliphatic carbocycles. The standard InChI is InChI=1S/C16H24FN/c1-5-9-18-12-16(4,6-2)11-14-7-8-15(17)10-13(14)3/h6-8,10,18H,2,5,9,11-12H2,1,3-4H3. The van der Waals surface area contributed by atoms with Crippen molar-refractivity contribution in [2.45, 2.75) is 33.6 Å². The van der Waals surface area contributed by atoms with Crippen LogP contribution in [0.4, 0.5) is 4.39 Å². The summed E-state index contributed by atoms with van der Waals surface area (Å²) in [5.41, 5.74) is 2.22. The Morgan fingerprint density at radius 1 is 1.44 bits per heavy atom. The first-order chi connectivity index (χ1) is 8.50. The molecule has 100 valence electrons. The van der Waals surface area contributed by atoms with Crippen molar-refractivity contribution in [3.63, 3.8) is 0 Å². The first-order valence-electron chi connectivity index (χ1n) is 6.60. The highest BCUT2D eigenvalue weighted by molar-refractivity contribution is 5.28. The fourth-order valence-electron chi connectivity index (χ4n) is 2.05. The van der Waals surface area contributed by atoms with Crippen LogP contribution in [0.25, 0.3) is 0 Å². The summed E-state index contributed by atoms with van der Waals surface area (Å²) < 4.78 is 13.1. The third-order valence-corrected chi connectivity index (χ3v) is 3.35. The molecule has 0 saturated heterocycles. The molecule has 18 heavy (non-hydrogen) atoms. The maximum absolute atomic E-state index is 13.1. The molecule has 1 N–H and O–H groups in total. The lowest BCUT2D eigenvalue weighted by atomic mass is 9.82. The molecule has 0 saturated carbocycles. The molecule has 1 unspecified atom stereocenters. The summed E-state index contributed by atoms with van der Waals surface area (Å²) in [4.78, 5) is 0. The predicted molar refractivity (Wildman–Crippen MR) is 76.3 cm³/mol. The van der Waals surface area contributed by atoms with E-state index in [0.717, 1.165) is 31.5 Å². The highest BCUT2D eigenvalue weighted by Gasteiger charge is 2.21. The summed E-state index contributed by atoms with van der Waals surface area (Å²) >= 11 is 0. The van der Waals surface area contributed by atoms with E-state index in [0.29, 0.717) is 0 Å². The molecule has 0 aromatic heterocycles. The largest absolute Gasteiger partial charge is 0.316 e. The Bertz CT molecular complexity index is 400. The fourth-order valence-corrected chi connectivity index (χ4v) is 2.05. The zero-order valence-electron chi connectivity index (χ0n) is 11.7. The van der Waals surface area contributed by atoms with Crippen molar-refractivity contribution in [2.24, 2.45) is 5.41 Å². The van der Waals surface area contributed by atoms with Crippen molar-refractivity contribution in [3.05, 3.63) is 47.8 Å². The number of hydrogen-bond acceptors (Lipinski definition) is 1. The molecule has 0 spiro atoms. The van der Waals surface area contributed by atoms with Gasteiger partial charge in [0, 0.05) is 12.0 Å². The van der Waals surface area contributed by atoms with E-state index in [2.05, 4.69) is 25.7 Å². The van der Waals surface area contributed by atoms with Crippen molar-refractivity contribution in [1.82, 2.24) is 5.32 Å². The molecule has 0 aliphatic heterocycles. The maximum Gasteiger partial charge on any atom is 0.123 e. The van der Waals surface area contributed by atoms with E-state index in [1.54, 1.807) is 6.07 Å². The van der Waals surface area contributed by atoms with E-state index in [1.807, 2.05) is 19.1 Å². The minimum absolute atomic E-state index is 0.0117. The number of hydrogen-bond donors (Lipinski definition) is 1. The highest BCUT2D eigenvalue weighted by atomic mass is 19.1. The third-order valence-electron chi connectivity index (χ3n) is 3.35. The molecule has 0 bridgehead atoms. The van der Waals surface area contributed by atoms with Crippen molar-refractivity contribution in [1.29, 1.82) is 0 Å². The number of halogens is 1. The van der Waals surface area contributed by atoms with Crippen LogP contribution in [-0.2, 0) is 6.42 Å². The lowest BCUT2D eigenvalue weighted by Gasteiger charge is -2.27. The van der Waals surface area contributed by atoms with E-state index in [9.17, 15) is 4.39 Å². The first kappa shape index (κ1) is 14.9. The van der Waals surface area contributed by atoms with Crippen LogP contribution in [0.1, 0.15) is 31.4 Å². The summed E-state index contributed by atoms with van der Waals surface area (Å²) in [5, 5.41) is 3.43. The molecule has 0 aliphatic rings. The smallest absolute Gasteiger partial charge is 0.123 e. The summed E-state index contributed by atoms with van der Waals surface area (Å²) in [6.07, 6.45) is 4.01. The Hall–Kier alpha value is -1.15. The van der Waals surface area contributed by atoms with E-state index in [4.69, 9.17) is 0 Å². The molecule has 0 fully saturated rings. The fraction of sp³-hybridized carbons (Fsp3) is 0.500. The number of aryl methyl sites for hydroxylation is 1. The minimum atomic E-state index is -0.166. The van der Waals surface area contributed by atoms with Gasteiger partial charge in [-0.25, -0.2) is 4.39 Å². The quantitative estimate of drug-likeness (QED) is 0.571. The monoisotopic (exact) mass is 249 g/mol. The normalized spacial score (nSPS) is 14.2. The second-order valence-corrected chi connectivity index (χ2v) is 5.28. The van der Waals surface area contributed by atoms with Gasteiger partial charge in [0.25, 0.3) is 0 Å². The van der Waals surface area contributed by atoms with Crippen molar-refractivity contribution < 1.29 is 4.39 Å². The molecule has 1 nitrogen and oxygen atoms in total. The molecule has 1 aromatic carbocycles. The molecule has 0 amide bonds. The van der Waals surface area contributed by atoms with Crippen LogP contribution in [0.5, 0.6) is 0 Å². The molecular weight excluding hydrogens is 225 g/mol. The molecular formula is C16H24FN. The van der Waals surface area contributed by atoms with Crippen LogP contribution in [0.3, 0.4) is 0 Å². The topological polar surface area (TPSA) is 12.0 Å². The van der Waals surface area contributed by atoms with Gasteiger partial charge in [-0.2, -0.15) is 0 Å². The van der Waals surface area contributed by atoms with Crippen LogP contribution in [0, 0.1) is 18.2 Å². The zero-order valence-corrected chi connectivity index (χ0v) is 11.7. The summed E-state index contributed by atoms with van der Waals surface area (Å²) in [6.45, 7) is 12.2. The predicted octanol–water partition coefficient (Wildman–Crippen LogP) is 3.87. The molecule has 2 heteroatoms. The van der Waals surface area contributed by atoms with Gasteiger partial charge in [0.15, 0.2) is 0 Å². The van der Waals surface area contributed by atoms with Crippen molar-refractivity contribution in [3.8, 4) is 0 Å². The Morgan fingerprint density at radius 3 is 2.72 bits per heavy atom. The van der Waals surface area contributed by atoms with Crippen LogP contribution in [-0.4, -0.2) is 13.1 Å². The molecule has 0 heterocycles. The van der Waals surface area contributed by atoms with E-state index in [-0.39, 0.29) is 11.2 Å². The van der Waals surface area contributed by atoms with Crippen molar-refractivity contribution >= 4 is 0 Å². The molecule has 0 radical (unpaired) electrons. The van der Waals surface area contributed by atoms with Gasteiger partial charge in [0.2, 0.25) is 0 Å². The Labute approximate surface area is 110 Å². The van der Waals surface area contributed by atoms with E-state index >= 15 is 0 Å². The van der Waals surface area contributed by atoms with E-state index < -0.39 is 0 Å². The van der Waals surface area contributed by atoms with Gasteiger partial charge in [0.1, 0.15) is 5.82 Å². The maximum atomic E-state index is 13.1. The van der Waals surface area contributed by atoms with Gasteiger partial charge in [-0.1, -0.05) is 26.0 Å². The van der Waals surface area contributed by atoms with Gasteiger partial charge in [-0.3, -0.25) is 0 Å². The molecule has 1 aromatic rings. The minimum Gasteiger partial charge on any atom is -0.316 e. The number of benzene rings is 1. The Morgan fingerprint density at radius 2 is 2.17 bits per heavy atom. The summed E-state index contributed by atoms with van der Waals surface area (Å²) in [6, 6.07) is 5.01. The average Bonchev–Trinajstić information content (AvgIpc) is 2.33. The zero-order chi connectivity index (χ0) is 13.6. The third kappa shape index (κ3) is 4.26. The van der Waals surface area contributed by atoms with E-state index in [1.165, 1.54) is 11.6 Å². The van der Waals surface area contributed by atoms with Crippen LogP contribution < -0.4 is 5.32 Å². The second kappa shape index (κ2) is 6.69. The van der Waals surface area contributed by atoms with Crippen molar-refractivity contribution in [2.75, 3.05) is 13.1 Å². The summed E-state index contributed by atoms with van der Waals surface area (Å²) in [5.74, 6) is -0.166. The lowest BCUT2D eigenvalue weighted by Crippen LogP contribution is -2.32. The average molecular weight is 249 g/mol. The van der Waals surface area contributed by atoms with Crippen LogP contribution in [0.15, 0.2) is 30.9 Å². The Balaban J connectivity index is 2.74. The van der Waals surface area contributed by atoms with Gasteiger partial charge in [0.05, 0.1) is 0 Å². The van der Waals surface area contributed by atoms with Crippen LogP contribution in [0.2, 0.25) is 0 Å². The number of rotatable bonds is 7. The lowest BCUT2D eigenvalue weighted by molar-refractivity contribution is 0.390. The molecule has 1 rings (SSSR count).